The summed E-state index contributed by atoms with van der Waals surface area (Å²) >= 11 is 0. The van der Waals surface area contributed by atoms with Crippen molar-refractivity contribution in [3.8, 4) is 6.01 Å². The maximum atomic E-state index is 11.8. The van der Waals surface area contributed by atoms with Crippen LogP contribution in [0.5, 0.6) is 6.01 Å². The van der Waals surface area contributed by atoms with Crippen molar-refractivity contribution in [3.05, 3.63) is 18.0 Å². The molecule has 0 saturated carbocycles. The molecular weight excluding hydrogens is 225 g/mol. The molecule has 1 heterocycles. The number of nitrogens with one attached hydrogen (secondary N) is 1. The third-order valence-corrected chi connectivity index (χ3v) is 1.54. The maximum Gasteiger partial charge on any atom is 0.575 e. The molecule has 8 heteroatoms. The number of ether oxygens (including phenoxy) is 1. The van der Waals surface area contributed by atoms with Crippen molar-refractivity contribution in [2.45, 2.75) is 12.9 Å². The number of hydrogen-bond acceptors (Lipinski definition) is 5. The van der Waals surface area contributed by atoms with Gasteiger partial charge in [0.05, 0.1) is 0 Å². The van der Waals surface area contributed by atoms with E-state index in [4.69, 9.17) is 5.73 Å². The quantitative estimate of drug-likeness (QED) is 0.725. The molecule has 0 spiro atoms. The molecule has 1 rings (SSSR count). The fraction of sp³-hybridized carbons (Fsp3) is 0.500. The number of alkyl halides is 3. The Balaban J connectivity index is 2.48. The van der Waals surface area contributed by atoms with Gasteiger partial charge in [-0.05, 0) is 0 Å². The lowest BCUT2D eigenvalue weighted by atomic mass is 10.3. The van der Waals surface area contributed by atoms with Crippen LogP contribution in [-0.2, 0) is 6.54 Å². The predicted molar refractivity (Wildman–Crippen MR) is 49.5 cm³/mol. The largest absolute Gasteiger partial charge is 0.575 e. The van der Waals surface area contributed by atoms with Gasteiger partial charge in [-0.25, -0.2) is 9.97 Å². The number of nitrogens with two attached hydrogens (primary N) is 1. The van der Waals surface area contributed by atoms with Crippen molar-refractivity contribution in [1.29, 1.82) is 0 Å². The van der Waals surface area contributed by atoms with Gasteiger partial charge in [0.2, 0.25) is 0 Å². The van der Waals surface area contributed by atoms with E-state index in [1.807, 2.05) is 0 Å². The monoisotopic (exact) mass is 236 g/mol. The molecule has 0 saturated heterocycles. The normalized spacial score (nSPS) is 11.5. The third kappa shape index (κ3) is 4.89. The summed E-state index contributed by atoms with van der Waals surface area (Å²) in [4.78, 5) is 6.84. The van der Waals surface area contributed by atoms with Gasteiger partial charge in [-0.15, -0.1) is 13.2 Å². The average molecular weight is 236 g/mol. The standard InChI is InChI=1S/C8H11F3N4O/c9-8(10,11)16-7-14-4-6(5-15-7)3-13-2-1-12/h4-5,13H,1-3,12H2. The van der Waals surface area contributed by atoms with E-state index < -0.39 is 12.4 Å². The van der Waals surface area contributed by atoms with Crippen LogP contribution < -0.4 is 15.8 Å². The van der Waals surface area contributed by atoms with Crippen molar-refractivity contribution in [2.75, 3.05) is 13.1 Å². The molecule has 1 aromatic rings. The molecule has 0 aliphatic rings. The summed E-state index contributed by atoms with van der Waals surface area (Å²) < 4.78 is 38.8. The van der Waals surface area contributed by atoms with Crippen LogP contribution in [0.1, 0.15) is 5.56 Å². The molecule has 0 aliphatic carbocycles. The van der Waals surface area contributed by atoms with Crippen LogP contribution in [0.3, 0.4) is 0 Å². The first kappa shape index (κ1) is 12.7. The van der Waals surface area contributed by atoms with Gasteiger partial charge < -0.3 is 15.8 Å². The van der Waals surface area contributed by atoms with Crippen LogP contribution in [0.2, 0.25) is 0 Å². The molecule has 0 fully saturated rings. The van der Waals surface area contributed by atoms with Gasteiger partial charge in [-0.1, -0.05) is 0 Å². The number of aromatic nitrogens is 2. The minimum Gasteiger partial charge on any atom is -0.371 e. The molecule has 0 radical (unpaired) electrons. The summed E-state index contributed by atoms with van der Waals surface area (Å²) in [5.41, 5.74) is 5.90. The topological polar surface area (TPSA) is 73.1 Å². The first-order chi connectivity index (χ1) is 7.51. The van der Waals surface area contributed by atoms with Gasteiger partial charge >= 0.3 is 12.4 Å². The number of rotatable bonds is 5. The number of halogens is 3. The molecule has 0 atom stereocenters. The molecular formula is C8H11F3N4O. The van der Waals surface area contributed by atoms with Crippen LogP contribution >= 0.6 is 0 Å². The minimum atomic E-state index is -4.76. The third-order valence-electron chi connectivity index (χ3n) is 1.54. The second kappa shape index (κ2) is 5.61. The molecule has 1 aromatic heterocycles. The predicted octanol–water partition coefficient (Wildman–Crippen LogP) is 0.423. The van der Waals surface area contributed by atoms with E-state index >= 15 is 0 Å². The van der Waals surface area contributed by atoms with Gasteiger partial charge in [0.1, 0.15) is 0 Å². The van der Waals surface area contributed by atoms with E-state index in [-0.39, 0.29) is 0 Å². The highest BCUT2D eigenvalue weighted by Crippen LogP contribution is 2.18. The lowest BCUT2D eigenvalue weighted by Gasteiger charge is -2.07. The van der Waals surface area contributed by atoms with Crippen molar-refractivity contribution >= 4 is 0 Å². The van der Waals surface area contributed by atoms with Crippen molar-refractivity contribution in [1.82, 2.24) is 15.3 Å². The Kier molecular flexibility index (Phi) is 4.44. The molecule has 5 nitrogen and oxygen atoms in total. The maximum absolute atomic E-state index is 11.8. The van der Waals surface area contributed by atoms with E-state index in [0.29, 0.717) is 25.2 Å². The lowest BCUT2D eigenvalue weighted by Crippen LogP contribution is -2.22. The first-order valence-corrected chi connectivity index (χ1v) is 4.49. The van der Waals surface area contributed by atoms with Crippen LogP contribution in [-0.4, -0.2) is 29.4 Å². The van der Waals surface area contributed by atoms with Gasteiger partial charge in [-0.2, -0.15) is 0 Å². The van der Waals surface area contributed by atoms with E-state index in [1.165, 1.54) is 12.4 Å². The highest BCUT2D eigenvalue weighted by Gasteiger charge is 2.32. The van der Waals surface area contributed by atoms with Crippen LogP contribution in [0.15, 0.2) is 12.4 Å². The van der Waals surface area contributed by atoms with Crippen LogP contribution in [0, 0.1) is 0 Å². The van der Waals surface area contributed by atoms with Gasteiger partial charge in [0.25, 0.3) is 0 Å². The highest BCUT2D eigenvalue weighted by molar-refractivity contribution is 5.07. The smallest absolute Gasteiger partial charge is 0.371 e. The van der Waals surface area contributed by atoms with Crippen molar-refractivity contribution in [2.24, 2.45) is 5.73 Å². The lowest BCUT2D eigenvalue weighted by molar-refractivity contribution is -0.277. The van der Waals surface area contributed by atoms with E-state index in [2.05, 4.69) is 20.0 Å². The molecule has 0 bridgehead atoms. The first-order valence-electron chi connectivity index (χ1n) is 4.49. The Morgan fingerprint density at radius 2 is 1.94 bits per heavy atom. The fourth-order valence-corrected chi connectivity index (χ4v) is 0.925. The Morgan fingerprint density at radius 3 is 2.44 bits per heavy atom. The van der Waals surface area contributed by atoms with E-state index in [0.717, 1.165) is 0 Å². The molecule has 0 aromatic carbocycles. The van der Waals surface area contributed by atoms with Crippen LogP contribution in [0.25, 0.3) is 0 Å². The minimum absolute atomic E-state index is 0.448. The summed E-state index contributed by atoms with van der Waals surface area (Å²) in [5.74, 6) is 0. The summed E-state index contributed by atoms with van der Waals surface area (Å²) in [6.07, 6.45) is -2.24. The molecule has 3 N–H and O–H groups in total. The Bertz CT molecular complexity index is 314. The number of hydrogen-bond donors (Lipinski definition) is 2. The van der Waals surface area contributed by atoms with Gasteiger partial charge in [0.15, 0.2) is 0 Å². The second-order valence-electron chi connectivity index (χ2n) is 2.89. The molecule has 0 amide bonds. The van der Waals surface area contributed by atoms with E-state index in [1.54, 1.807) is 0 Å². The Hall–Kier alpha value is -1.41. The molecule has 16 heavy (non-hydrogen) atoms. The zero-order valence-electron chi connectivity index (χ0n) is 8.29. The molecule has 0 unspecified atom stereocenters. The van der Waals surface area contributed by atoms with Crippen molar-refractivity contribution < 1.29 is 17.9 Å². The van der Waals surface area contributed by atoms with Crippen molar-refractivity contribution in [3.63, 3.8) is 0 Å². The summed E-state index contributed by atoms with van der Waals surface area (Å²) in [7, 11) is 0. The fourth-order valence-electron chi connectivity index (χ4n) is 0.925. The Labute approximate surface area is 89.8 Å². The molecule has 0 aliphatic heterocycles. The second-order valence-corrected chi connectivity index (χ2v) is 2.89. The SMILES string of the molecule is NCCNCc1cnc(OC(F)(F)F)nc1. The number of nitrogens with zero attached hydrogens (tertiary/aromatic N) is 2. The summed E-state index contributed by atoms with van der Waals surface area (Å²) in [6.45, 7) is 1.54. The van der Waals surface area contributed by atoms with Crippen LogP contribution in [0.4, 0.5) is 13.2 Å². The van der Waals surface area contributed by atoms with Gasteiger partial charge in [-0.3, -0.25) is 0 Å². The zero-order chi connectivity index (χ0) is 12.0. The molecule has 90 valence electrons. The van der Waals surface area contributed by atoms with E-state index in [9.17, 15) is 13.2 Å². The summed E-state index contributed by atoms with van der Waals surface area (Å²) in [6, 6.07) is -0.713. The average Bonchev–Trinajstić information content (AvgIpc) is 2.19. The Morgan fingerprint density at radius 1 is 1.31 bits per heavy atom. The highest BCUT2D eigenvalue weighted by atomic mass is 19.4. The zero-order valence-corrected chi connectivity index (χ0v) is 8.29. The summed E-state index contributed by atoms with van der Waals surface area (Å²) in [5, 5.41) is 2.95. The van der Waals surface area contributed by atoms with Gasteiger partial charge in [0, 0.05) is 37.6 Å².